The number of carbonyl (C=O) groups excluding carboxylic acids is 2. The molecular formula is C19H20B4O9S. The summed E-state index contributed by atoms with van der Waals surface area (Å²) >= 11 is 0. The highest BCUT2D eigenvalue weighted by Crippen LogP contribution is 2.28. The van der Waals surface area contributed by atoms with Gasteiger partial charge in [0.05, 0.1) is 32.7 Å². The van der Waals surface area contributed by atoms with Crippen LogP contribution in [0.4, 0.5) is 0 Å². The van der Waals surface area contributed by atoms with E-state index in [2.05, 4.69) is 0 Å². The van der Waals surface area contributed by atoms with Crippen LogP contribution in [0.5, 0.6) is 0 Å². The largest absolute Gasteiger partial charge is 0.478 e. The maximum atomic E-state index is 12.9. The van der Waals surface area contributed by atoms with E-state index in [1.165, 1.54) is 0 Å². The molecule has 1 aromatic carbocycles. The third-order valence-corrected chi connectivity index (χ3v) is 6.17. The van der Waals surface area contributed by atoms with Crippen LogP contribution in [-0.2, 0) is 37.0 Å². The van der Waals surface area contributed by atoms with Gasteiger partial charge in [-0.3, -0.25) is 9.35 Å². The Hall–Kier alpha value is -2.20. The average Bonchev–Trinajstić information content (AvgIpc) is 2.72. The van der Waals surface area contributed by atoms with Crippen LogP contribution in [-0.4, -0.2) is 85.8 Å². The van der Waals surface area contributed by atoms with Gasteiger partial charge in [0.25, 0.3) is 10.1 Å². The summed E-state index contributed by atoms with van der Waals surface area (Å²) < 4.78 is 40.4. The highest BCUT2D eigenvalue weighted by molar-refractivity contribution is 7.85. The number of rotatable bonds is 9. The number of hydrogen-bond acceptors (Lipinski definition) is 7. The Bertz CT molecular complexity index is 1030. The van der Waals surface area contributed by atoms with E-state index in [-0.39, 0.29) is 53.1 Å². The zero-order valence-corrected chi connectivity index (χ0v) is 18.6. The molecule has 0 atom stereocenters. The highest BCUT2D eigenvalue weighted by Gasteiger charge is 2.32. The van der Waals surface area contributed by atoms with E-state index in [1.54, 1.807) is 0 Å². The molecule has 0 saturated heterocycles. The van der Waals surface area contributed by atoms with Crippen molar-refractivity contribution in [1.82, 2.24) is 0 Å². The Balaban J connectivity index is 2.11. The number of hydrogen-bond donors (Lipinski definition) is 2. The summed E-state index contributed by atoms with van der Waals surface area (Å²) in [6, 6.07) is 0. The van der Waals surface area contributed by atoms with Gasteiger partial charge in [0.15, 0.2) is 0 Å². The maximum Gasteiger partial charge on any atom is 0.339 e. The van der Waals surface area contributed by atoms with Crippen LogP contribution in [0.15, 0.2) is 0 Å². The second-order valence-corrected chi connectivity index (χ2v) is 9.15. The molecule has 0 bridgehead atoms. The van der Waals surface area contributed by atoms with Crippen LogP contribution in [0.25, 0.3) is 0 Å². The minimum Gasteiger partial charge on any atom is -0.478 e. The van der Waals surface area contributed by atoms with Gasteiger partial charge in [0.1, 0.15) is 34.2 Å². The molecule has 1 fully saturated rings. The van der Waals surface area contributed by atoms with Crippen LogP contribution < -0.4 is 10.9 Å². The van der Waals surface area contributed by atoms with Crippen molar-refractivity contribution < 1.29 is 41.9 Å². The fraction of sp³-hybridized carbons (Fsp3) is 0.526. The third kappa shape index (κ3) is 6.66. The molecule has 14 heteroatoms. The first-order valence-corrected chi connectivity index (χ1v) is 11.7. The van der Waals surface area contributed by atoms with Gasteiger partial charge in [0.2, 0.25) is 0 Å². The number of carboxylic acids is 1. The van der Waals surface area contributed by atoms with E-state index in [1.807, 2.05) is 0 Å². The molecule has 1 aliphatic rings. The molecule has 1 aliphatic carbocycles. The standard InChI is InChI=1S/C19H20B4O9S/c20-7-11-13(14(17(24)25)16(23)12(8-21)15(11)22)19(27)32-10-3-1-9(2-4-10)18(26)31-5-6-33(28,29)30/h9-10H,1-8H2,(H,24,25)(H,28,29,30). The maximum absolute atomic E-state index is 12.9. The monoisotopic (exact) mass is 468 g/mol. The quantitative estimate of drug-likeness (QED) is 0.251. The van der Waals surface area contributed by atoms with Crippen LogP contribution >= 0.6 is 0 Å². The Morgan fingerprint density at radius 3 is 2.00 bits per heavy atom. The Kier molecular flexibility index (Phi) is 9.25. The van der Waals surface area contributed by atoms with Crippen LogP contribution in [0.1, 0.15) is 57.5 Å². The molecule has 0 aromatic heterocycles. The van der Waals surface area contributed by atoms with Crippen molar-refractivity contribution >= 4 is 70.3 Å². The number of carbonyl (C=O) groups is 3. The Morgan fingerprint density at radius 2 is 1.52 bits per heavy atom. The first-order chi connectivity index (χ1) is 15.4. The zero-order valence-electron chi connectivity index (χ0n) is 17.8. The molecule has 0 unspecified atom stereocenters. The smallest absolute Gasteiger partial charge is 0.339 e. The molecule has 2 rings (SSSR count). The van der Waals surface area contributed by atoms with Gasteiger partial charge < -0.3 is 14.6 Å². The molecule has 9 nitrogen and oxygen atoms in total. The van der Waals surface area contributed by atoms with Crippen LogP contribution in [0, 0.1) is 5.92 Å². The lowest BCUT2D eigenvalue weighted by Gasteiger charge is -2.28. The Morgan fingerprint density at radius 1 is 0.939 bits per heavy atom. The van der Waals surface area contributed by atoms with Gasteiger partial charge in [-0.25, -0.2) is 9.59 Å². The molecular weight excluding hydrogens is 448 g/mol. The third-order valence-electron chi connectivity index (χ3n) is 5.49. The highest BCUT2D eigenvalue weighted by atomic mass is 32.2. The summed E-state index contributed by atoms with van der Waals surface area (Å²) in [6.45, 7) is -0.464. The lowest BCUT2D eigenvalue weighted by atomic mass is 9.68. The van der Waals surface area contributed by atoms with Crippen LogP contribution in [0.3, 0.4) is 0 Å². The van der Waals surface area contributed by atoms with E-state index in [0.717, 1.165) is 0 Å². The first kappa shape index (κ1) is 27.0. The summed E-state index contributed by atoms with van der Waals surface area (Å²) in [5.74, 6) is -4.24. The molecule has 0 aliphatic heterocycles. The van der Waals surface area contributed by atoms with Gasteiger partial charge >= 0.3 is 17.9 Å². The summed E-state index contributed by atoms with van der Waals surface area (Å²) in [4.78, 5) is 36.8. The second kappa shape index (κ2) is 11.3. The molecule has 0 spiro atoms. The Labute approximate surface area is 197 Å². The zero-order chi connectivity index (χ0) is 24.9. The van der Waals surface area contributed by atoms with Crippen LogP contribution in [0.2, 0.25) is 0 Å². The fourth-order valence-electron chi connectivity index (χ4n) is 3.77. The van der Waals surface area contributed by atoms with Gasteiger partial charge in [-0.05, 0) is 31.2 Å². The summed E-state index contributed by atoms with van der Waals surface area (Å²) in [5, 5.41) is 9.63. The number of aromatic carboxylic acids is 1. The normalized spacial score (nSPS) is 18.5. The fourth-order valence-corrected chi connectivity index (χ4v) is 4.06. The molecule has 0 amide bonds. The first-order valence-electron chi connectivity index (χ1n) is 10.1. The summed E-state index contributed by atoms with van der Waals surface area (Å²) in [7, 11) is 19.0. The van der Waals surface area contributed by atoms with E-state index in [9.17, 15) is 27.9 Å². The van der Waals surface area contributed by atoms with Gasteiger partial charge in [-0.15, -0.1) is 0 Å². The molecule has 8 radical (unpaired) electrons. The molecule has 1 aromatic rings. The van der Waals surface area contributed by atoms with Crippen molar-refractivity contribution in [3.8, 4) is 0 Å². The molecule has 2 N–H and O–H groups in total. The average molecular weight is 468 g/mol. The van der Waals surface area contributed by atoms with E-state index >= 15 is 0 Å². The minimum atomic E-state index is -4.24. The van der Waals surface area contributed by atoms with E-state index in [0.29, 0.717) is 12.8 Å². The number of ether oxygens (including phenoxy) is 2. The number of carboxylic acid groups (broad SMARTS) is 1. The van der Waals surface area contributed by atoms with Gasteiger partial charge in [0, 0.05) is 0 Å². The predicted octanol–water partition coefficient (Wildman–Crippen LogP) is -1.54. The topological polar surface area (TPSA) is 144 Å². The lowest BCUT2D eigenvalue weighted by molar-refractivity contribution is -0.149. The molecule has 168 valence electrons. The van der Waals surface area contributed by atoms with Gasteiger partial charge in [-0.2, -0.15) is 8.42 Å². The van der Waals surface area contributed by atoms with E-state index < -0.39 is 58.0 Å². The summed E-state index contributed by atoms with van der Waals surface area (Å²) in [5.41, 5.74) is -0.760. The minimum absolute atomic E-state index is 0.0331. The molecule has 0 heterocycles. The van der Waals surface area contributed by atoms with Crippen molar-refractivity contribution in [2.45, 2.75) is 44.4 Å². The van der Waals surface area contributed by atoms with Crippen molar-refractivity contribution in [2.75, 3.05) is 12.4 Å². The SMILES string of the molecule is [B]Cc1c([B])c(C[B])c(C(=O)OC2CCC(C(=O)OCCS(=O)(=O)O)CC2)c(C(=O)O)c1[B]. The van der Waals surface area contributed by atoms with E-state index in [4.69, 9.17) is 45.4 Å². The van der Waals surface area contributed by atoms with Crippen molar-refractivity contribution in [2.24, 2.45) is 5.92 Å². The molecule has 1 saturated carbocycles. The van der Waals surface area contributed by atoms with Crippen molar-refractivity contribution in [3.05, 3.63) is 22.3 Å². The van der Waals surface area contributed by atoms with Crippen molar-refractivity contribution in [3.63, 3.8) is 0 Å². The number of esters is 2. The number of benzene rings is 1. The molecule has 33 heavy (non-hydrogen) atoms. The lowest BCUT2D eigenvalue weighted by Crippen LogP contribution is -2.37. The second-order valence-electron chi connectivity index (χ2n) is 7.58. The summed E-state index contributed by atoms with van der Waals surface area (Å²) in [6.07, 6.45) is 0.175. The predicted molar refractivity (Wildman–Crippen MR) is 122 cm³/mol. The van der Waals surface area contributed by atoms with Crippen molar-refractivity contribution in [1.29, 1.82) is 0 Å². The van der Waals surface area contributed by atoms with Gasteiger partial charge in [-0.1, -0.05) is 29.1 Å².